The van der Waals surface area contributed by atoms with Gasteiger partial charge in [0.1, 0.15) is 5.82 Å². The minimum Gasteiger partial charge on any atom is -0.340 e. The lowest BCUT2D eigenvalue weighted by atomic mass is 10.1. The van der Waals surface area contributed by atoms with Gasteiger partial charge in [0, 0.05) is 18.1 Å². The number of aryl methyl sites for hydroxylation is 2. The Morgan fingerprint density at radius 3 is 2.77 bits per heavy atom. The lowest BCUT2D eigenvalue weighted by Crippen LogP contribution is -2.03. The number of hydrogen-bond donors (Lipinski definition) is 1. The second kappa shape index (κ2) is 7.58. The average molecular weight is 361 g/mol. The number of thioether (sulfide) groups is 1. The maximum absolute atomic E-state index is 4.59. The molecule has 0 atom stereocenters. The number of rotatable bonds is 6. The van der Waals surface area contributed by atoms with Gasteiger partial charge in [0.05, 0.1) is 17.4 Å². The van der Waals surface area contributed by atoms with Crippen molar-refractivity contribution in [2.75, 3.05) is 11.6 Å². The number of aromatic nitrogens is 4. The topological polar surface area (TPSA) is 55.6 Å². The van der Waals surface area contributed by atoms with Crippen LogP contribution in [-0.4, -0.2) is 26.0 Å². The van der Waals surface area contributed by atoms with Gasteiger partial charge in [0.25, 0.3) is 0 Å². The van der Waals surface area contributed by atoms with Gasteiger partial charge in [-0.15, -0.1) is 0 Å². The van der Waals surface area contributed by atoms with Gasteiger partial charge >= 0.3 is 0 Å². The van der Waals surface area contributed by atoms with Crippen molar-refractivity contribution in [2.45, 2.75) is 18.1 Å². The molecule has 0 amide bonds. The van der Waals surface area contributed by atoms with Gasteiger partial charge in [0.2, 0.25) is 0 Å². The summed E-state index contributed by atoms with van der Waals surface area (Å²) in [7, 11) is 0. The van der Waals surface area contributed by atoms with E-state index < -0.39 is 0 Å². The maximum atomic E-state index is 4.59. The summed E-state index contributed by atoms with van der Waals surface area (Å²) >= 11 is 1.53. The molecule has 26 heavy (non-hydrogen) atoms. The quantitative estimate of drug-likeness (QED) is 0.404. The van der Waals surface area contributed by atoms with Crippen molar-refractivity contribution < 1.29 is 0 Å². The number of nitrogens with zero attached hydrogens (tertiary/aromatic N) is 4. The minimum absolute atomic E-state index is 0.751. The molecular formula is C20H19N5S. The molecule has 4 aromatic rings. The molecule has 2 aromatic heterocycles. The van der Waals surface area contributed by atoms with Crippen LogP contribution in [0.4, 0.5) is 11.5 Å². The highest BCUT2D eigenvalue weighted by Gasteiger charge is 2.08. The number of hydrogen-bond acceptors (Lipinski definition) is 5. The molecule has 130 valence electrons. The molecule has 6 heteroatoms. The molecule has 0 aliphatic carbocycles. The van der Waals surface area contributed by atoms with Crippen molar-refractivity contribution in [1.82, 2.24) is 19.7 Å². The van der Waals surface area contributed by atoms with E-state index in [-0.39, 0.29) is 0 Å². The summed E-state index contributed by atoms with van der Waals surface area (Å²) < 4.78 is 2.06. The lowest BCUT2D eigenvalue weighted by Gasteiger charge is -2.08. The van der Waals surface area contributed by atoms with Crippen LogP contribution < -0.4 is 5.32 Å². The third-order valence-electron chi connectivity index (χ3n) is 4.22. The Morgan fingerprint density at radius 2 is 1.92 bits per heavy atom. The average Bonchev–Trinajstić information content (AvgIpc) is 3.11. The Morgan fingerprint density at radius 1 is 1.04 bits per heavy atom. The van der Waals surface area contributed by atoms with Gasteiger partial charge < -0.3 is 5.32 Å². The predicted molar refractivity (Wildman–Crippen MR) is 107 cm³/mol. The van der Waals surface area contributed by atoms with E-state index >= 15 is 0 Å². The van der Waals surface area contributed by atoms with Crippen LogP contribution in [0, 0.1) is 0 Å². The van der Waals surface area contributed by atoms with Crippen molar-refractivity contribution in [2.24, 2.45) is 0 Å². The lowest BCUT2D eigenvalue weighted by molar-refractivity contribution is 0.635. The molecule has 0 unspecified atom stereocenters. The Kier molecular flexibility index (Phi) is 4.84. The van der Waals surface area contributed by atoms with E-state index in [4.69, 9.17) is 0 Å². The molecule has 2 heterocycles. The first kappa shape index (κ1) is 16.6. The van der Waals surface area contributed by atoms with Gasteiger partial charge in [-0.1, -0.05) is 48.2 Å². The first-order valence-electron chi connectivity index (χ1n) is 8.46. The summed E-state index contributed by atoms with van der Waals surface area (Å²) in [5.74, 6) is 0.786. The highest BCUT2D eigenvalue weighted by Crippen LogP contribution is 2.26. The van der Waals surface area contributed by atoms with E-state index in [1.807, 2.05) is 36.7 Å². The molecule has 2 aromatic carbocycles. The molecule has 0 aliphatic heterocycles. The predicted octanol–water partition coefficient (Wildman–Crippen LogP) is 4.53. The van der Waals surface area contributed by atoms with Crippen LogP contribution in [-0.2, 0) is 13.0 Å². The van der Waals surface area contributed by atoms with Crippen LogP contribution in [0.3, 0.4) is 0 Å². The number of fused-ring (bicyclic) bond motifs is 1. The fourth-order valence-electron chi connectivity index (χ4n) is 2.92. The largest absolute Gasteiger partial charge is 0.340 e. The summed E-state index contributed by atoms with van der Waals surface area (Å²) in [6.45, 7) is 0.848. The molecule has 0 radical (unpaired) electrons. The van der Waals surface area contributed by atoms with Crippen molar-refractivity contribution in [3.8, 4) is 0 Å². The molecular weight excluding hydrogens is 342 g/mol. The summed E-state index contributed by atoms with van der Waals surface area (Å²) in [5.41, 5.74) is 3.43. The van der Waals surface area contributed by atoms with E-state index in [2.05, 4.69) is 55.4 Å². The van der Waals surface area contributed by atoms with E-state index in [0.29, 0.717) is 0 Å². The summed E-state index contributed by atoms with van der Waals surface area (Å²) in [6.07, 6.45) is 6.61. The van der Waals surface area contributed by atoms with Crippen LogP contribution in [0.15, 0.2) is 72.1 Å². The highest BCUT2D eigenvalue weighted by molar-refractivity contribution is 7.98. The molecule has 0 spiro atoms. The fraction of sp³-hybridized carbons (Fsp3) is 0.150. The number of anilines is 2. The second-order valence-corrected chi connectivity index (χ2v) is 6.67. The van der Waals surface area contributed by atoms with Crippen LogP contribution >= 0.6 is 11.8 Å². The van der Waals surface area contributed by atoms with Crippen molar-refractivity contribution in [3.05, 3.63) is 72.6 Å². The van der Waals surface area contributed by atoms with E-state index in [0.717, 1.165) is 40.5 Å². The molecule has 4 rings (SSSR count). The smallest absolute Gasteiger partial charge is 0.189 e. The van der Waals surface area contributed by atoms with Crippen LogP contribution in [0.2, 0.25) is 0 Å². The van der Waals surface area contributed by atoms with Gasteiger partial charge in [-0.2, -0.15) is 5.10 Å². The first-order valence-corrected chi connectivity index (χ1v) is 9.68. The second-order valence-electron chi connectivity index (χ2n) is 5.90. The van der Waals surface area contributed by atoms with Crippen molar-refractivity contribution in [1.29, 1.82) is 0 Å². The highest BCUT2D eigenvalue weighted by atomic mass is 32.2. The van der Waals surface area contributed by atoms with Gasteiger partial charge in [-0.3, -0.25) is 4.68 Å². The Hall–Kier alpha value is -2.86. The number of benzene rings is 2. The standard InChI is InChI=1S/C20H19N5S/c1-26-20-21-12-10-19(24-20)23-17-8-5-9-18-16(17)14-22-25(18)13-11-15-6-3-2-4-7-15/h2-10,12,14H,11,13H2,1H3,(H,21,23,24). The molecule has 0 aliphatic rings. The molecule has 0 fully saturated rings. The third kappa shape index (κ3) is 3.55. The molecule has 5 nitrogen and oxygen atoms in total. The molecule has 0 saturated heterocycles. The van der Waals surface area contributed by atoms with Crippen molar-refractivity contribution >= 4 is 34.2 Å². The van der Waals surface area contributed by atoms with Crippen LogP contribution in [0.5, 0.6) is 0 Å². The molecule has 0 bridgehead atoms. The number of nitrogens with one attached hydrogen (secondary N) is 1. The van der Waals surface area contributed by atoms with Crippen LogP contribution in [0.25, 0.3) is 10.9 Å². The van der Waals surface area contributed by atoms with E-state index in [9.17, 15) is 0 Å². The Labute approximate surface area is 156 Å². The Balaban J connectivity index is 1.58. The first-order chi connectivity index (χ1) is 12.8. The van der Waals surface area contributed by atoms with E-state index in [1.165, 1.54) is 17.3 Å². The zero-order valence-electron chi connectivity index (χ0n) is 14.5. The van der Waals surface area contributed by atoms with E-state index in [1.54, 1.807) is 6.20 Å². The van der Waals surface area contributed by atoms with Crippen molar-refractivity contribution in [3.63, 3.8) is 0 Å². The fourth-order valence-corrected chi connectivity index (χ4v) is 3.27. The van der Waals surface area contributed by atoms with Gasteiger partial charge in [0.15, 0.2) is 5.16 Å². The normalized spacial score (nSPS) is 11.0. The maximum Gasteiger partial charge on any atom is 0.189 e. The SMILES string of the molecule is CSc1nccc(Nc2cccc3c2cnn3CCc2ccccc2)n1. The van der Waals surface area contributed by atoms with Gasteiger partial charge in [-0.05, 0) is 36.4 Å². The minimum atomic E-state index is 0.751. The Bertz CT molecular complexity index is 1010. The van der Waals surface area contributed by atoms with Gasteiger partial charge in [-0.25, -0.2) is 9.97 Å². The summed E-state index contributed by atoms with van der Waals surface area (Å²) in [4.78, 5) is 8.70. The zero-order valence-corrected chi connectivity index (χ0v) is 15.3. The summed E-state index contributed by atoms with van der Waals surface area (Å²) in [5, 5.41) is 9.82. The zero-order chi connectivity index (χ0) is 17.8. The van der Waals surface area contributed by atoms with Crippen LogP contribution in [0.1, 0.15) is 5.56 Å². The molecule has 1 N–H and O–H groups in total. The summed E-state index contributed by atoms with van der Waals surface area (Å²) in [6, 6.07) is 18.6. The molecule has 0 saturated carbocycles. The monoisotopic (exact) mass is 361 g/mol. The third-order valence-corrected chi connectivity index (χ3v) is 4.78.